The zero-order chi connectivity index (χ0) is 67.4. The van der Waals surface area contributed by atoms with E-state index < -0.39 is 39.1 Å². The van der Waals surface area contributed by atoms with Crippen LogP contribution in [0.3, 0.4) is 0 Å². The summed E-state index contributed by atoms with van der Waals surface area (Å²) in [6, 6.07) is 37.9. The van der Waals surface area contributed by atoms with Crippen LogP contribution in [0.4, 0.5) is 23.1 Å². The van der Waals surface area contributed by atoms with Gasteiger partial charge in [0, 0.05) is 65.1 Å². The Morgan fingerprint density at radius 1 is 0.479 bits per heavy atom. The number of ether oxygens (including phenoxy) is 2. The Labute approximate surface area is 669 Å². The molecule has 0 aliphatic carbocycles. The van der Waals surface area contributed by atoms with Gasteiger partial charge in [-0.25, -0.2) is 83.7 Å². The second-order valence-corrected chi connectivity index (χ2v) is 27.0. The minimum Gasteiger partial charge on any atom is -1.00 e. The molecule has 0 amide bonds. The molecule has 42 heteroatoms. The van der Waals surface area contributed by atoms with Crippen molar-refractivity contribution in [3.63, 3.8) is 0 Å². The number of hydrogen-bond acceptors (Lipinski definition) is 25. The molecule has 29 nitrogen and oxygen atoms in total. The van der Waals surface area contributed by atoms with Crippen LogP contribution in [0.15, 0.2) is 184 Å². The van der Waals surface area contributed by atoms with Crippen LogP contribution in [-0.4, -0.2) is 110 Å². The van der Waals surface area contributed by atoms with E-state index in [0.717, 1.165) is 29.6 Å². The molecule has 0 radical (unpaired) electrons. The van der Waals surface area contributed by atoms with Gasteiger partial charge in [0.15, 0.2) is 32.9 Å². The molecule has 498 valence electrons. The second-order valence-electron chi connectivity index (χ2n) is 17.3. The minimum atomic E-state index is -3.94. The summed E-state index contributed by atoms with van der Waals surface area (Å²) in [6.07, 6.45) is 4.65. The van der Waals surface area contributed by atoms with Gasteiger partial charge >= 0.3 is 103 Å². The Morgan fingerprint density at radius 2 is 0.812 bits per heavy atom. The first-order valence-electron chi connectivity index (χ1n) is 24.8. The number of methoxy groups -OCH3 is 2. The van der Waals surface area contributed by atoms with Gasteiger partial charge in [-0.2, -0.15) is 0 Å². The van der Waals surface area contributed by atoms with Gasteiger partial charge in [0.05, 0.1) is 47.3 Å². The first kappa shape index (κ1) is 87.0. The minimum absolute atomic E-state index is 0. The molecule has 0 saturated carbocycles. The van der Waals surface area contributed by atoms with Gasteiger partial charge in [-0.3, -0.25) is 19.2 Å². The number of hydrogen-bond donors (Lipinski definition) is 5. The number of fused-ring (bicyclic) bond motifs is 3. The van der Waals surface area contributed by atoms with E-state index in [4.69, 9.17) is 105 Å². The van der Waals surface area contributed by atoms with Gasteiger partial charge in [0.1, 0.15) is 46.5 Å². The van der Waals surface area contributed by atoms with Gasteiger partial charge in [-0.05, 0) is 91.9 Å². The molecule has 0 bridgehead atoms. The van der Waals surface area contributed by atoms with E-state index in [1.54, 1.807) is 87.9 Å². The van der Waals surface area contributed by atoms with Gasteiger partial charge in [-0.15, -0.1) is 0 Å². The topological polar surface area (TPSA) is 462 Å². The zero-order valence-corrected chi connectivity index (χ0v) is 64.8. The van der Waals surface area contributed by atoms with Crippen molar-refractivity contribution in [1.82, 2.24) is 56.0 Å². The fourth-order valence-corrected chi connectivity index (χ4v) is 10.6. The molecule has 0 spiro atoms. The maximum atomic E-state index is 13.0. The van der Waals surface area contributed by atoms with Crippen LogP contribution in [0.2, 0.25) is 30.9 Å². The number of anilines is 4. The number of aryl methyl sites for hydroxylation is 1. The molecule has 96 heavy (non-hydrogen) atoms. The van der Waals surface area contributed by atoms with E-state index in [2.05, 4.69) is 69.5 Å². The maximum Gasteiger partial charge on any atom is 1.00 e. The van der Waals surface area contributed by atoms with Crippen molar-refractivity contribution in [2.24, 2.45) is 5.14 Å². The molecule has 0 fully saturated rings. The van der Waals surface area contributed by atoms with Crippen LogP contribution in [0, 0.1) is 6.92 Å². The quantitative estimate of drug-likeness (QED) is 0.0273. The van der Waals surface area contributed by atoms with Crippen molar-refractivity contribution in [2.75, 3.05) is 29.0 Å². The smallest absolute Gasteiger partial charge is 1.00 e. The SMILES string of the molecule is COc1cc(Nc2nc3ccccc3nc2NS(=O)(=O)c2ccc(C)nc2)cc(OC)c1.Clc1nc2ccccc2nc1Cl.N.NS(=O)(=O)c1ccc(Cl)nc1.O.O=CO[O-].O=S(=O)(Cl)c1ccc(Cl)nc1.O=S(=O)(Nc1nc2ccccc2nc1Cl)c1ccc(Cl)nc1.[H-].[K+].[K+]. The van der Waals surface area contributed by atoms with Crippen LogP contribution >= 0.6 is 80.3 Å². The first-order valence-corrected chi connectivity index (χ1v) is 33.9. The van der Waals surface area contributed by atoms with Crippen LogP contribution in [-0.2, 0) is 48.8 Å². The number of sulfonamides is 3. The van der Waals surface area contributed by atoms with E-state index in [0.29, 0.717) is 44.9 Å². The number of pyridine rings is 4. The fraction of sp³-hybridized carbons (Fsp3) is 0.0556. The molecule has 0 atom stereocenters. The predicted octanol–water partition coefficient (Wildman–Crippen LogP) is 3.90. The summed E-state index contributed by atoms with van der Waals surface area (Å²) < 4.78 is 108. The molecular weight excluding hydrogens is 1540 g/mol. The Bertz CT molecular complexity index is 4740. The predicted molar refractivity (Wildman–Crippen MR) is 356 cm³/mol. The third kappa shape index (κ3) is 27.2. The molecule has 0 aliphatic rings. The van der Waals surface area contributed by atoms with Crippen molar-refractivity contribution in [2.45, 2.75) is 26.5 Å². The Balaban J connectivity index is 0.000000630. The van der Waals surface area contributed by atoms with Gasteiger partial charge in [0.25, 0.3) is 35.6 Å². The molecule has 7 aromatic heterocycles. The molecule has 0 aliphatic heterocycles. The summed E-state index contributed by atoms with van der Waals surface area (Å²) in [6.45, 7) is 1.60. The summed E-state index contributed by atoms with van der Waals surface area (Å²) in [4.78, 5) is 51.5. The first-order chi connectivity index (χ1) is 43.5. The number of halogens is 7. The van der Waals surface area contributed by atoms with Crippen LogP contribution in [0.25, 0.3) is 33.1 Å². The van der Waals surface area contributed by atoms with Crippen molar-refractivity contribution >= 4 is 182 Å². The van der Waals surface area contributed by atoms with Crippen LogP contribution < -0.4 is 144 Å². The Kier molecular flexibility index (Phi) is 37.0. The van der Waals surface area contributed by atoms with Crippen molar-refractivity contribution in [3.05, 3.63) is 201 Å². The zero-order valence-electron chi connectivity index (χ0n) is 51.0. The molecule has 4 aromatic carbocycles. The van der Waals surface area contributed by atoms with Crippen molar-refractivity contribution in [1.29, 1.82) is 0 Å². The van der Waals surface area contributed by atoms with Crippen LogP contribution in [0.5, 0.6) is 11.5 Å². The third-order valence-electron chi connectivity index (χ3n) is 10.9. The fourth-order valence-electron chi connectivity index (χ4n) is 6.72. The molecule has 11 rings (SSSR count). The molecular formula is C54H48Cl7K2N15O14S4. The van der Waals surface area contributed by atoms with E-state index in [1.165, 1.54) is 48.7 Å². The average Bonchev–Trinajstić information content (AvgIpc) is 0.805. The number of aromatic nitrogens is 10. The Hall–Kier alpha value is -5.09. The van der Waals surface area contributed by atoms with Crippen LogP contribution in [0.1, 0.15) is 7.12 Å². The largest absolute Gasteiger partial charge is 1.00 e. The van der Waals surface area contributed by atoms with Crippen molar-refractivity contribution < 1.29 is 168 Å². The van der Waals surface area contributed by atoms with Gasteiger partial charge in [0.2, 0.25) is 10.0 Å². The summed E-state index contributed by atoms with van der Waals surface area (Å²) in [5.41, 5.74) is 5.05. The number of carbonyl (C=O) groups is 1. The molecule has 11 aromatic rings. The summed E-state index contributed by atoms with van der Waals surface area (Å²) >= 11 is 33.8. The normalized spacial score (nSPS) is 10.5. The van der Waals surface area contributed by atoms with Gasteiger partial charge < -0.3 is 38.0 Å². The number of carbonyl (C=O) groups excluding carboxylic acids is 1. The standard InChI is InChI=1S/C22H21N5O4S.C13H8Cl2N4O2S.C8H4Cl2N2.C5H3Cl2NO2S.C5H5ClN2O2S.CH2O3.2K.H3N.H2O.H/c1-14-8-9-18(13-23-14)32(28,29)27-22-21(25-19-6-4-5-7-20(19)26-22)24-15-10-16(30-2)12-17(11-15)31-3;14-11-6-5-8(7-16-11)22(20,21)19-13-12(15)17-9-3-1-2-4-10(9)18-13;9-7-8(10)12-6-4-2-1-3-5(6)11-7;2*6-5-2-1-4(3-8-5)11(7,9)10;2-1-4-3;;;;;/h4-13H,1-3H3,(H,24,25)(H,26,27);1-7H,(H,18,19);1-4H;1-3H;1-3H,(H2,7,9,10);1,3H;;;1H3;1H2;/q;;;;;;2*+1;;;-1/p-1. The Morgan fingerprint density at radius 3 is 1.16 bits per heavy atom. The molecule has 0 unspecified atom stereocenters. The number of rotatable bonds is 13. The summed E-state index contributed by atoms with van der Waals surface area (Å²) in [5, 5.41) is 17.5. The summed E-state index contributed by atoms with van der Waals surface area (Å²) in [7, 11) is -7.04. The second kappa shape index (κ2) is 40.8. The number of benzene rings is 4. The number of nitrogens with two attached hydrogens (primary N) is 1. The number of nitrogens with zero attached hydrogens (tertiary/aromatic N) is 10. The monoisotopic (exact) mass is 1580 g/mol. The number of para-hydroxylation sites is 6. The molecule has 0 saturated heterocycles. The third-order valence-corrected chi connectivity index (χ3v) is 17.4. The molecule has 10 N–H and O–H groups in total. The summed E-state index contributed by atoms with van der Waals surface area (Å²) in [5.74, 6) is 1.35. The van der Waals surface area contributed by atoms with Crippen molar-refractivity contribution in [3.8, 4) is 11.5 Å². The number of nitrogens with one attached hydrogen (secondary N) is 3. The van der Waals surface area contributed by atoms with E-state index in [1.807, 2.05) is 30.3 Å². The maximum absolute atomic E-state index is 13.0. The molecule has 7 heterocycles. The number of primary sulfonamides is 1. The average molecular weight is 1590 g/mol. The van der Waals surface area contributed by atoms with E-state index in [-0.39, 0.29) is 190 Å². The van der Waals surface area contributed by atoms with E-state index >= 15 is 0 Å². The van der Waals surface area contributed by atoms with E-state index in [9.17, 15) is 33.7 Å². The van der Waals surface area contributed by atoms with Gasteiger partial charge in [-0.1, -0.05) is 106 Å².